The summed E-state index contributed by atoms with van der Waals surface area (Å²) in [6.07, 6.45) is 3.40. The summed E-state index contributed by atoms with van der Waals surface area (Å²) in [5.74, 6) is 0.344. The number of anilines is 2. The second-order valence-electron chi connectivity index (χ2n) is 8.11. The lowest BCUT2D eigenvalue weighted by Gasteiger charge is -2.36. The maximum absolute atomic E-state index is 12.9. The highest BCUT2D eigenvalue weighted by atomic mass is 35.5. The number of rotatable bonds is 5. The van der Waals surface area contributed by atoms with Crippen LogP contribution in [0.15, 0.2) is 61.1 Å². The number of carbonyl (C=O) groups excluding carboxylic acids is 2. The topological polar surface area (TPSA) is 70.5 Å². The number of nitrogens with zero attached hydrogens (tertiary/aromatic N) is 4. The molecule has 2 heterocycles. The largest absolute Gasteiger partial charge is 0.368 e. The molecular weight excluding hydrogens is 426 g/mol. The smallest absolute Gasteiger partial charge is 0.253 e. The zero-order valence-electron chi connectivity index (χ0n) is 18.2. The fraction of sp³-hybridized carbons (Fsp3) is 0.292. The predicted octanol–water partition coefficient (Wildman–Crippen LogP) is 4.08. The maximum atomic E-state index is 12.9. The monoisotopic (exact) mass is 451 g/mol. The molecule has 0 bridgehead atoms. The summed E-state index contributed by atoms with van der Waals surface area (Å²) in [5, 5.41) is 3.50. The first-order valence-electron chi connectivity index (χ1n) is 10.7. The molecule has 1 aromatic heterocycles. The molecule has 8 heteroatoms. The standard InChI is InChI=1S/C24H26ClN5O2/c1-17(2)23(31)27-22-15-30(16-26-22)21-7-3-18(4-8-21)24(32)29-13-11-28(12-14-29)20-9-5-19(25)6-10-20/h3-10,15-17H,11-14H2,1-2H3,(H,27,31). The van der Waals surface area contributed by atoms with Gasteiger partial charge in [-0.1, -0.05) is 25.4 Å². The number of aromatic nitrogens is 2. The average Bonchev–Trinajstić information content (AvgIpc) is 3.28. The Balaban J connectivity index is 1.36. The Morgan fingerprint density at radius 3 is 2.19 bits per heavy atom. The van der Waals surface area contributed by atoms with Crippen molar-refractivity contribution in [3.8, 4) is 5.69 Å². The second kappa shape index (κ2) is 9.44. The Morgan fingerprint density at radius 1 is 0.938 bits per heavy atom. The number of hydrogen-bond donors (Lipinski definition) is 1. The van der Waals surface area contributed by atoms with Crippen molar-refractivity contribution in [2.24, 2.45) is 5.92 Å². The molecule has 1 saturated heterocycles. The molecule has 2 aromatic carbocycles. The molecule has 4 rings (SSSR count). The Hall–Kier alpha value is -3.32. The van der Waals surface area contributed by atoms with Crippen LogP contribution in [-0.4, -0.2) is 52.4 Å². The highest BCUT2D eigenvalue weighted by Crippen LogP contribution is 2.20. The van der Waals surface area contributed by atoms with Crippen LogP contribution in [-0.2, 0) is 4.79 Å². The number of halogens is 1. The van der Waals surface area contributed by atoms with Crippen molar-refractivity contribution < 1.29 is 9.59 Å². The molecule has 3 aromatic rings. The van der Waals surface area contributed by atoms with Gasteiger partial charge in [0.05, 0.1) is 6.20 Å². The highest BCUT2D eigenvalue weighted by molar-refractivity contribution is 6.30. The van der Waals surface area contributed by atoms with Crippen LogP contribution in [0.5, 0.6) is 0 Å². The van der Waals surface area contributed by atoms with E-state index in [1.165, 1.54) is 0 Å². The van der Waals surface area contributed by atoms with Crippen LogP contribution in [0.1, 0.15) is 24.2 Å². The van der Waals surface area contributed by atoms with Crippen LogP contribution < -0.4 is 10.2 Å². The van der Waals surface area contributed by atoms with E-state index in [0.29, 0.717) is 24.5 Å². The molecular formula is C24H26ClN5O2. The molecule has 1 aliphatic heterocycles. The molecule has 1 N–H and O–H groups in total. The van der Waals surface area contributed by atoms with E-state index in [1.54, 1.807) is 12.5 Å². The van der Waals surface area contributed by atoms with Gasteiger partial charge in [-0.2, -0.15) is 0 Å². The number of piperazine rings is 1. The van der Waals surface area contributed by atoms with Gasteiger partial charge < -0.3 is 19.7 Å². The van der Waals surface area contributed by atoms with Gasteiger partial charge in [-0.3, -0.25) is 9.59 Å². The van der Waals surface area contributed by atoms with Crippen molar-refractivity contribution in [3.63, 3.8) is 0 Å². The van der Waals surface area contributed by atoms with Gasteiger partial charge in [-0.25, -0.2) is 4.98 Å². The minimum atomic E-state index is -0.112. The van der Waals surface area contributed by atoms with Crippen LogP contribution in [0.4, 0.5) is 11.5 Å². The van der Waals surface area contributed by atoms with Gasteiger partial charge >= 0.3 is 0 Å². The second-order valence-corrected chi connectivity index (χ2v) is 8.55. The zero-order chi connectivity index (χ0) is 22.7. The normalized spacial score (nSPS) is 14.0. The molecule has 2 amide bonds. The number of imidazole rings is 1. The van der Waals surface area contributed by atoms with E-state index >= 15 is 0 Å². The predicted molar refractivity (Wildman–Crippen MR) is 127 cm³/mol. The third-order valence-corrected chi connectivity index (χ3v) is 5.78. The van der Waals surface area contributed by atoms with E-state index in [9.17, 15) is 9.59 Å². The highest BCUT2D eigenvalue weighted by Gasteiger charge is 2.22. The minimum Gasteiger partial charge on any atom is -0.368 e. The van der Waals surface area contributed by atoms with Crippen molar-refractivity contribution in [1.29, 1.82) is 0 Å². The summed E-state index contributed by atoms with van der Waals surface area (Å²) < 4.78 is 1.81. The lowest BCUT2D eigenvalue weighted by atomic mass is 10.1. The van der Waals surface area contributed by atoms with E-state index in [0.717, 1.165) is 29.5 Å². The van der Waals surface area contributed by atoms with E-state index in [2.05, 4.69) is 15.2 Å². The molecule has 7 nitrogen and oxygen atoms in total. The maximum Gasteiger partial charge on any atom is 0.253 e. The number of hydrogen-bond acceptors (Lipinski definition) is 4. The van der Waals surface area contributed by atoms with Crippen LogP contribution in [0.2, 0.25) is 5.02 Å². The Bertz CT molecular complexity index is 1080. The van der Waals surface area contributed by atoms with Crippen LogP contribution in [0, 0.1) is 5.92 Å². The third kappa shape index (κ3) is 4.94. The lowest BCUT2D eigenvalue weighted by molar-refractivity contribution is -0.118. The lowest BCUT2D eigenvalue weighted by Crippen LogP contribution is -2.48. The zero-order valence-corrected chi connectivity index (χ0v) is 18.9. The quantitative estimate of drug-likeness (QED) is 0.634. The van der Waals surface area contributed by atoms with Gasteiger partial charge in [0.2, 0.25) is 5.91 Å². The Kier molecular flexibility index (Phi) is 6.46. The van der Waals surface area contributed by atoms with Crippen LogP contribution >= 0.6 is 11.6 Å². The fourth-order valence-electron chi connectivity index (χ4n) is 3.58. The summed E-state index contributed by atoms with van der Waals surface area (Å²) in [6.45, 7) is 6.57. The van der Waals surface area contributed by atoms with Gasteiger partial charge in [0.1, 0.15) is 6.33 Å². The fourth-order valence-corrected chi connectivity index (χ4v) is 3.70. The summed E-state index contributed by atoms with van der Waals surface area (Å²) in [7, 11) is 0. The summed E-state index contributed by atoms with van der Waals surface area (Å²) in [5.41, 5.74) is 2.64. The number of carbonyl (C=O) groups is 2. The van der Waals surface area contributed by atoms with Crippen molar-refractivity contribution in [1.82, 2.24) is 14.5 Å². The molecule has 0 atom stereocenters. The molecule has 166 valence electrons. The van der Waals surface area contributed by atoms with E-state index in [1.807, 2.05) is 71.8 Å². The van der Waals surface area contributed by atoms with Crippen molar-refractivity contribution in [3.05, 3.63) is 71.6 Å². The molecule has 0 saturated carbocycles. The molecule has 0 radical (unpaired) electrons. The number of nitrogens with one attached hydrogen (secondary N) is 1. The van der Waals surface area contributed by atoms with Gasteiger partial charge in [-0.15, -0.1) is 0 Å². The van der Waals surface area contributed by atoms with Crippen LogP contribution in [0.25, 0.3) is 5.69 Å². The molecule has 0 aliphatic carbocycles. The third-order valence-electron chi connectivity index (χ3n) is 5.53. The molecule has 0 unspecified atom stereocenters. The van der Waals surface area contributed by atoms with Crippen molar-refractivity contribution >= 4 is 34.9 Å². The van der Waals surface area contributed by atoms with Gasteiger partial charge in [0.15, 0.2) is 5.82 Å². The SMILES string of the molecule is CC(C)C(=O)Nc1cn(-c2ccc(C(=O)N3CCN(c4ccc(Cl)cc4)CC3)cc2)cn1. The molecule has 1 aliphatic rings. The average molecular weight is 452 g/mol. The first kappa shape index (κ1) is 21.9. The molecule has 32 heavy (non-hydrogen) atoms. The Labute approximate surface area is 192 Å². The van der Waals surface area contributed by atoms with Crippen LogP contribution in [0.3, 0.4) is 0 Å². The van der Waals surface area contributed by atoms with Gasteiger partial charge in [0, 0.05) is 54.1 Å². The van der Waals surface area contributed by atoms with E-state index in [-0.39, 0.29) is 17.7 Å². The molecule has 1 fully saturated rings. The molecule has 0 spiro atoms. The van der Waals surface area contributed by atoms with E-state index in [4.69, 9.17) is 11.6 Å². The first-order chi connectivity index (χ1) is 15.4. The van der Waals surface area contributed by atoms with Crippen molar-refractivity contribution in [2.75, 3.05) is 36.4 Å². The summed E-state index contributed by atoms with van der Waals surface area (Å²) in [4.78, 5) is 33.2. The summed E-state index contributed by atoms with van der Waals surface area (Å²) in [6, 6.07) is 15.2. The number of amides is 2. The van der Waals surface area contributed by atoms with E-state index < -0.39 is 0 Å². The first-order valence-corrected chi connectivity index (χ1v) is 11.0. The Morgan fingerprint density at radius 2 is 1.56 bits per heavy atom. The summed E-state index contributed by atoms with van der Waals surface area (Å²) >= 11 is 5.97. The number of benzene rings is 2. The van der Waals surface area contributed by atoms with Gasteiger partial charge in [0.25, 0.3) is 5.91 Å². The van der Waals surface area contributed by atoms with Gasteiger partial charge in [-0.05, 0) is 48.5 Å². The van der Waals surface area contributed by atoms with Crippen molar-refractivity contribution in [2.45, 2.75) is 13.8 Å². The minimum absolute atomic E-state index is 0.0304.